The topological polar surface area (TPSA) is 16.1 Å². The van der Waals surface area contributed by atoms with E-state index in [9.17, 15) is 4.39 Å². The lowest BCUT2D eigenvalue weighted by molar-refractivity contribution is 0.621. The smallest absolute Gasteiger partial charge is 0.141 e. The molecule has 0 spiro atoms. The number of halogens is 1. The van der Waals surface area contributed by atoms with Crippen molar-refractivity contribution in [2.45, 2.75) is 77.8 Å². The van der Waals surface area contributed by atoms with Crippen molar-refractivity contribution in [3.63, 3.8) is 0 Å². The van der Waals surface area contributed by atoms with Crippen LogP contribution in [0.3, 0.4) is 0 Å². The first-order valence-electron chi connectivity index (χ1n) is 9.80. The number of hydrogen-bond acceptors (Lipinski definition) is 2. The summed E-state index contributed by atoms with van der Waals surface area (Å²) in [6, 6.07) is 11.3. The van der Waals surface area contributed by atoms with Crippen LogP contribution in [0.25, 0.3) is 0 Å². The molecule has 0 atom stereocenters. The van der Waals surface area contributed by atoms with Gasteiger partial charge in [0.15, 0.2) is 0 Å². The average Bonchev–Trinajstić information content (AvgIpc) is 2.64. The molecule has 0 N–H and O–H groups in total. The van der Waals surface area contributed by atoms with Gasteiger partial charge in [-0.1, -0.05) is 77.8 Å². The molecule has 0 amide bonds. The van der Waals surface area contributed by atoms with Crippen LogP contribution in [0.2, 0.25) is 36.3 Å². The monoisotopic (exact) mass is 368 g/mol. The van der Waals surface area contributed by atoms with Crippen LogP contribution >= 0.6 is 0 Å². The molecule has 1 heterocycles. The van der Waals surface area contributed by atoms with Gasteiger partial charge in [0.1, 0.15) is 11.6 Å². The van der Waals surface area contributed by atoms with Gasteiger partial charge in [0.2, 0.25) is 0 Å². The zero-order chi connectivity index (χ0) is 18.2. The Hall–Kier alpha value is -0.686. The van der Waals surface area contributed by atoms with Crippen molar-refractivity contribution in [3.8, 4) is 0 Å². The minimum Gasteiger partial charge on any atom is -0.362 e. The van der Waals surface area contributed by atoms with Gasteiger partial charge in [-0.15, -0.1) is 0 Å². The summed E-state index contributed by atoms with van der Waals surface area (Å²) in [5.41, 5.74) is 0. The summed E-state index contributed by atoms with van der Waals surface area (Å²) in [6.45, 7) is 14.2. The van der Waals surface area contributed by atoms with Gasteiger partial charge < -0.3 is 4.90 Å². The third kappa shape index (κ3) is 5.15. The first kappa shape index (κ1) is 21.4. The van der Waals surface area contributed by atoms with Crippen molar-refractivity contribution in [2.24, 2.45) is 0 Å². The quantitative estimate of drug-likeness (QED) is 0.437. The highest BCUT2D eigenvalue weighted by Crippen LogP contribution is 2.28. The largest absolute Gasteiger partial charge is 0.362 e. The van der Waals surface area contributed by atoms with Crippen molar-refractivity contribution >= 4 is 22.0 Å². The van der Waals surface area contributed by atoms with Gasteiger partial charge in [-0.05, 0) is 12.1 Å². The lowest BCUT2D eigenvalue weighted by Crippen LogP contribution is -2.53. The molecular weight excluding hydrogens is 331 g/mol. The Morgan fingerprint density at radius 1 is 0.792 bits per heavy atom. The molecule has 0 radical (unpaired) electrons. The standard InChI is InChI=1S/C19H37FN2Si2/c1-7-23(8-2,9-3)16-22(17-24(10-4,11-5)12-6)19-14-13-18(20)15-21-19/h13-15H,7-12,16-17H2,1-6H3. The summed E-state index contributed by atoms with van der Waals surface area (Å²) >= 11 is 0. The molecule has 0 aliphatic carbocycles. The van der Waals surface area contributed by atoms with Crippen molar-refractivity contribution in [3.05, 3.63) is 24.1 Å². The molecule has 0 saturated carbocycles. The minimum absolute atomic E-state index is 0.242. The Labute approximate surface area is 150 Å². The number of aromatic nitrogens is 1. The molecule has 0 fully saturated rings. The number of rotatable bonds is 11. The van der Waals surface area contributed by atoms with E-state index in [0.29, 0.717) is 0 Å². The second kappa shape index (κ2) is 9.71. The van der Waals surface area contributed by atoms with E-state index in [2.05, 4.69) is 51.4 Å². The van der Waals surface area contributed by atoms with Crippen molar-refractivity contribution in [2.75, 3.05) is 17.2 Å². The molecule has 1 aromatic heterocycles. The second-order valence-corrected chi connectivity index (χ2v) is 18.2. The van der Waals surface area contributed by atoms with Gasteiger partial charge in [-0.3, -0.25) is 0 Å². The Morgan fingerprint density at radius 3 is 1.50 bits per heavy atom. The van der Waals surface area contributed by atoms with Gasteiger partial charge in [0, 0.05) is 12.3 Å². The number of nitrogens with zero attached hydrogens (tertiary/aromatic N) is 2. The maximum Gasteiger partial charge on any atom is 0.141 e. The zero-order valence-electron chi connectivity index (χ0n) is 16.7. The third-order valence-corrected chi connectivity index (χ3v) is 17.7. The Bertz CT molecular complexity index is 432. The number of anilines is 1. The van der Waals surface area contributed by atoms with Crippen LogP contribution in [0.1, 0.15) is 41.5 Å². The number of hydrogen-bond donors (Lipinski definition) is 0. The van der Waals surface area contributed by atoms with E-state index in [4.69, 9.17) is 0 Å². The summed E-state index contributed by atoms with van der Waals surface area (Å²) in [4.78, 5) is 6.99. The van der Waals surface area contributed by atoms with E-state index in [1.54, 1.807) is 6.07 Å². The van der Waals surface area contributed by atoms with Gasteiger partial charge in [-0.2, -0.15) is 0 Å². The van der Waals surface area contributed by atoms with E-state index in [-0.39, 0.29) is 5.82 Å². The van der Waals surface area contributed by atoms with Crippen LogP contribution < -0.4 is 4.90 Å². The molecular formula is C19H37FN2Si2. The maximum atomic E-state index is 13.4. The van der Waals surface area contributed by atoms with Crippen LogP contribution in [0.15, 0.2) is 18.3 Å². The molecule has 0 aliphatic heterocycles. The summed E-state index contributed by atoms with van der Waals surface area (Å²) in [7, 11) is -2.60. The minimum atomic E-state index is -1.30. The fourth-order valence-corrected chi connectivity index (χ4v) is 10.5. The van der Waals surface area contributed by atoms with Gasteiger partial charge in [0.25, 0.3) is 0 Å². The molecule has 0 aliphatic rings. The highest BCUT2D eigenvalue weighted by molar-refractivity contribution is 6.82. The van der Waals surface area contributed by atoms with Gasteiger partial charge in [-0.25, -0.2) is 9.37 Å². The molecule has 2 nitrogen and oxygen atoms in total. The molecule has 1 rings (SSSR count). The maximum absolute atomic E-state index is 13.4. The Kier molecular flexibility index (Phi) is 8.64. The molecule has 0 bridgehead atoms. The van der Waals surface area contributed by atoms with Crippen LogP contribution in [0, 0.1) is 5.82 Å². The Morgan fingerprint density at radius 2 is 1.21 bits per heavy atom. The SMILES string of the molecule is CC[Si](CC)(CC)CN(C[Si](CC)(CC)CC)c1ccc(F)cn1. The van der Waals surface area contributed by atoms with Crippen LogP contribution in [0.5, 0.6) is 0 Å². The highest BCUT2D eigenvalue weighted by Gasteiger charge is 2.35. The van der Waals surface area contributed by atoms with Crippen molar-refractivity contribution in [1.82, 2.24) is 4.98 Å². The van der Waals surface area contributed by atoms with E-state index >= 15 is 0 Å². The molecule has 24 heavy (non-hydrogen) atoms. The summed E-state index contributed by atoms with van der Waals surface area (Å²) in [5, 5.41) is 0. The second-order valence-electron chi connectivity index (χ2n) is 7.31. The highest BCUT2D eigenvalue weighted by atomic mass is 28.3. The van der Waals surface area contributed by atoms with Crippen LogP contribution in [-0.4, -0.2) is 33.5 Å². The molecule has 5 heteroatoms. The first-order chi connectivity index (χ1) is 11.4. The van der Waals surface area contributed by atoms with E-state index < -0.39 is 16.1 Å². The van der Waals surface area contributed by atoms with Crippen LogP contribution in [-0.2, 0) is 0 Å². The third-order valence-electron chi connectivity index (χ3n) is 6.59. The predicted octanol–water partition coefficient (Wildman–Crippen LogP) is 6.12. The number of pyridine rings is 1. The fraction of sp³-hybridized carbons (Fsp3) is 0.737. The normalized spacial score (nSPS) is 12.5. The molecule has 0 saturated heterocycles. The lowest BCUT2D eigenvalue weighted by Gasteiger charge is -2.41. The predicted molar refractivity (Wildman–Crippen MR) is 111 cm³/mol. The molecule has 0 unspecified atom stereocenters. The first-order valence-corrected chi connectivity index (χ1v) is 15.5. The zero-order valence-corrected chi connectivity index (χ0v) is 18.7. The van der Waals surface area contributed by atoms with Crippen molar-refractivity contribution < 1.29 is 4.39 Å². The molecule has 0 aromatic carbocycles. The molecule has 138 valence electrons. The van der Waals surface area contributed by atoms with E-state index in [0.717, 1.165) is 5.82 Å². The van der Waals surface area contributed by atoms with E-state index in [1.807, 2.05) is 6.07 Å². The van der Waals surface area contributed by atoms with Crippen LogP contribution in [0.4, 0.5) is 10.2 Å². The fourth-order valence-electron chi connectivity index (χ4n) is 3.75. The summed E-state index contributed by atoms with van der Waals surface area (Å²) < 4.78 is 13.4. The summed E-state index contributed by atoms with van der Waals surface area (Å²) in [6.07, 6.45) is 3.72. The summed E-state index contributed by atoms with van der Waals surface area (Å²) in [5.74, 6) is 0.740. The van der Waals surface area contributed by atoms with Gasteiger partial charge >= 0.3 is 0 Å². The molecule has 1 aromatic rings. The van der Waals surface area contributed by atoms with Gasteiger partial charge in [0.05, 0.1) is 22.3 Å². The Balaban J connectivity index is 3.18. The average molecular weight is 369 g/mol. The van der Waals surface area contributed by atoms with E-state index in [1.165, 1.54) is 54.8 Å². The lowest BCUT2D eigenvalue weighted by atomic mass is 10.4. The van der Waals surface area contributed by atoms with Crippen molar-refractivity contribution in [1.29, 1.82) is 0 Å².